The van der Waals surface area contributed by atoms with Gasteiger partial charge in [-0.1, -0.05) is 32.9 Å². The van der Waals surface area contributed by atoms with E-state index in [0.717, 1.165) is 17.5 Å². The standard InChI is InChI=1S/C12H18O/c1-5-10-9(4)6-7-11(8(2)3)12(10)13/h6-8,13H,5H2,1-4H3. The Morgan fingerprint density at radius 3 is 2.38 bits per heavy atom. The van der Waals surface area contributed by atoms with E-state index >= 15 is 0 Å². The molecule has 0 radical (unpaired) electrons. The number of aromatic hydroxyl groups is 1. The van der Waals surface area contributed by atoms with E-state index in [1.54, 1.807) is 0 Å². The minimum absolute atomic E-state index is 0.394. The molecule has 0 amide bonds. The van der Waals surface area contributed by atoms with Crippen LogP contribution in [0.5, 0.6) is 5.75 Å². The van der Waals surface area contributed by atoms with Crippen molar-refractivity contribution >= 4 is 0 Å². The van der Waals surface area contributed by atoms with Crippen LogP contribution in [0.4, 0.5) is 0 Å². The molecule has 0 unspecified atom stereocenters. The maximum absolute atomic E-state index is 9.94. The van der Waals surface area contributed by atoms with Crippen molar-refractivity contribution < 1.29 is 5.11 Å². The van der Waals surface area contributed by atoms with Crippen LogP contribution in [-0.4, -0.2) is 5.11 Å². The molecule has 0 fully saturated rings. The summed E-state index contributed by atoms with van der Waals surface area (Å²) in [7, 11) is 0. The van der Waals surface area contributed by atoms with Crippen LogP contribution in [0.15, 0.2) is 12.1 Å². The lowest BCUT2D eigenvalue weighted by molar-refractivity contribution is 0.458. The highest BCUT2D eigenvalue weighted by atomic mass is 16.3. The lowest BCUT2D eigenvalue weighted by atomic mass is 9.95. The van der Waals surface area contributed by atoms with Crippen molar-refractivity contribution in [1.29, 1.82) is 0 Å². The Morgan fingerprint density at radius 2 is 1.92 bits per heavy atom. The molecule has 13 heavy (non-hydrogen) atoms. The Labute approximate surface area is 80.4 Å². The number of benzene rings is 1. The van der Waals surface area contributed by atoms with Gasteiger partial charge in [-0.3, -0.25) is 0 Å². The molecule has 1 aromatic carbocycles. The highest BCUT2D eigenvalue weighted by Gasteiger charge is 2.10. The second kappa shape index (κ2) is 3.82. The second-order valence-corrected chi connectivity index (χ2v) is 3.81. The largest absolute Gasteiger partial charge is 0.507 e. The Morgan fingerprint density at radius 1 is 1.31 bits per heavy atom. The van der Waals surface area contributed by atoms with Crippen LogP contribution in [0.2, 0.25) is 0 Å². The summed E-state index contributed by atoms with van der Waals surface area (Å²) in [4.78, 5) is 0. The summed E-state index contributed by atoms with van der Waals surface area (Å²) < 4.78 is 0. The second-order valence-electron chi connectivity index (χ2n) is 3.81. The van der Waals surface area contributed by atoms with Crippen LogP contribution in [0, 0.1) is 6.92 Å². The third kappa shape index (κ3) is 1.85. The minimum atomic E-state index is 0.394. The molecular weight excluding hydrogens is 160 g/mol. The first-order valence-electron chi connectivity index (χ1n) is 4.89. The first-order chi connectivity index (χ1) is 6.07. The van der Waals surface area contributed by atoms with Crippen molar-refractivity contribution in [3.63, 3.8) is 0 Å². The Hall–Kier alpha value is -0.980. The fourth-order valence-electron chi connectivity index (χ4n) is 1.67. The van der Waals surface area contributed by atoms with E-state index in [2.05, 4.69) is 26.8 Å². The first kappa shape index (κ1) is 10.1. The van der Waals surface area contributed by atoms with Crippen molar-refractivity contribution in [2.75, 3.05) is 0 Å². The Kier molecular flexibility index (Phi) is 2.97. The van der Waals surface area contributed by atoms with E-state index in [-0.39, 0.29) is 0 Å². The first-order valence-corrected chi connectivity index (χ1v) is 4.89. The lowest BCUT2D eigenvalue weighted by Gasteiger charge is -2.13. The molecule has 0 saturated heterocycles. The number of phenols is 1. The molecule has 0 aliphatic heterocycles. The molecule has 1 aromatic rings. The van der Waals surface area contributed by atoms with Gasteiger partial charge < -0.3 is 5.11 Å². The third-order valence-electron chi connectivity index (χ3n) is 2.52. The van der Waals surface area contributed by atoms with Crippen molar-refractivity contribution in [2.45, 2.75) is 40.0 Å². The highest BCUT2D eigenvalue weighted by Crippen LogP contribution is 2.31. The molecule has 1 nitrogen and oxygen atoms in total. The van der Waals surface area contributed by atoms with Crippen molar-refractivity contribution in [2.24, 2.45) is 0 Å². The summed E-state index contributed by atoms with van der Waals surface area (Å²) in [6, 6.07) is 4.11. The van der Waals surface area contributed by atoms with E-state index in [1.807, 2.05) is 13.0 Å². The number of rotatable bonds is 2. The maximum atomic E-state index is 9.94. The monoisotopic (exact) mass is 178 g/mol. The molecule has 0 spiro atoms. The van der Waals surface area contributed by atoms with Crippen LogP contribution in [0.25, 0.3) is 0 Å². The van der Waals surface area contributed by atoms with Crippen LogP contribution in [-0.2, 0) is 6.42 Å². The van der Waals surface area contributed by atoms with Gasteiger partial charge in [-0.05, 0) is 36.0 Å². The normalized spacial score (nSPS) is 10.8. The summed E-state index contributed by atoms with van der Waals surface area (Å²) in [5.41, 5.74) is 3.33. The summed E-state index contributed by atoms with van der Waals surface area (Å²) in [6.45, 7) is 8.32. The van der Waals surface area contributed by atoms with Gasteiger partial charge in [-0.15, -0.1) is 0 Å². The predicted molar refractivity (Wildman–Crippen MR) is 56.3 cm³/mol. The molecule has 1 N–H and O–H groups in total. The summed E-state index contributed by atoms with van der Waals surface area (Å²) in [6.07, 6.45) is 0.901. The van der Waals surface area contributed by atoms with Gasteiger partial charge in [0.2, 0.25) is 0 Å². The predicted octanol–water partition coefficient (Wildman–Crippen LogP) is 3.39. The van der Waals surface area contributed by atoms with E-state index in [0.29, 0.717) is 11.7 Å². The fourth-order valence-corrected chi connectivity index (χ4v) is 1.67. The van der Waals surface area contributed by atoms with Crippen LogP contribution >= 0.6 is 0 Å². The average Bonchev–Trinajstić information content (AvgIpc) is 2.04. The van der Waals surface area contributed by atoms with Gasteiger partial charge >= 0.3 is 0 Å². The SMILES string of the molecule is CCc1c(C)ccc(C(C)C)c1O. The molecule has 0 heterocycles. The molecule has 0 atom stereocenters. The van der Waals surface area contributed by atoms with E-state index in [9.17, 15) is 5.11 Å². The highest BCUT2D eigenvalue weighted by molar-refractivity contribution is 5.46. The van der Waals surface area contributed by atoms with Crippen LogP contribution in [0.1, 0.15) is 43.4 Å². The quantitative estimate of drug-likeness (QED) is 0.736. The van der Waals surface area contributed by atoms with Gasteiger partial charge in [-0.25, -0.2) is 0 Å². The van der Waals surface area contributed by atoms with Crippen molar-refractivity contribution in [3.05, 3.63) is 28.8 Å². The van der Waals surface area contributed by atoms with Gasteiger partial charge in [-0.2, -0.15) is 0 Å². The zero-order valence-electron chi connectivity index (χ0n) is 8.89. The van der Waals surface area contributed by atoms with E-state index < -0.39 is 0 Å². The van der Waals surface area contributed by atoms with Crippen molar-refractivity contribution in [3.8, 4) is 5.75 Å². The zero-order chi connectivity index (χ0) is 10.0. The molecular formula is C12H18O. The third-order valence-corrected chi connectivity index (χ3v) is 2.52. The van der Waals surface area contributed by atoms with Gasteiger partial charge in [0.25, 0.3) is 0 Å². The van der Waals surface area contributed by atoms with Crippen molar-refractivity contribution in [1.82, 2.24) is 0 Å². The number of aryl methyl sites for hydroxylation is 1. The molecule has 72 valence electrons. The van der Waals surface area contributed by atoms with E-state index in [1.165, 1.54) is 5.56 Å². The smallest absolute Gasteiger partial charge is 0.122 e. The van der Waals surface area contributed by atoms with Gasteiger partial charge in [0, 0.05) is 0 Å². The average molecular weight is 178 g/mol. The molecule has 0 saturated carbocycles. The minimum Gasteiger partial charge on any atom is -0.507 e. The molecule has 0 aliphatic carbocycles. The van der Waals surface area contributed by atoms with Gasteiger partial charge in [0.05, 0.1) is 0 Å². The molecule has 0 aromatic heterocycles. The summed E-state index contributed by atoms with van der Waals surface area (Å²) in [5.74, 6) is 0.892. The lowest BCUT2D eigenvalue weighted by Crippen LogP contribution is -1.94. The molecule has 1 heteroatoms. The zero-order valence-corrected chi connectivity index (χ0v) is 8.89. The molecule has 0 bridgehead atoms. The van der Waals surface area contributed by atoms with Crippen LogP contribution in [0.3, 0.4) is 0 Å². The fraction of sp³-hybridized carbons (Fsp3) is 0.500. The number of phenolic OH excluding ortho intramolecular Hbond substituents is 1. The summed E-state index contributed by atoms with van der Waals surface area (Å²) >= 11 is 0. The van der Waals surface area contributed by atoms with Crippen LogP contribution < -0.4 is 0 Å². The molecule has 1 rings (SSSR count). The Bertz CT molecular complexity index is 300. The van der Waals surface area contributed by atoms with Gasteiger partial charge in [0.15, 0.2) is 0 Å². The Balaban J connectivity index is 3.27. The number of hydrogen-bond donors (Lipinski definition) is 1. The van der Waals surface area contributed by atoms with E-state index in [4.69, 9.17) is 0 Å². The maximum Gasteiger partial charge on any atom is 0.122 e. The topological polar surface area (TPSA) is 20.2 Å². The molecule has 0 aliphatic rings. The van der Waals surface area contributed by atoms with Gasteiger partial charge in [0.1, 0.15) is 5.75 Å². The number of hydrogen-bond acceptors (Lipinski definition) is 1. The summed E-state index contributed by atoms with van der Waals surface area (Å²) in [5, 5.41) is 9.94.